The number of aryl methyl sites for hydroxylation is 1. The van der Waals surface area contributed by atoms with Gasteiger partial charge in [0.25, 0.3) is 5.88 Å². The molecule has 0 aliphatic heterocycles. The van der Waals surface area contributed by atoms with Crippen LogP contribution in [0.15, 0.2) is 36.7 Å². The summed E-state index contributed by atoms with van der Waals surface area (Å²) in [4.78, 5) is 18.0. The Balaban J connectivity index is 1.91. The number of aromatic nitrogens is 2. The molecule has 20 heavy (non-hydrogen) atoms. The minimum Gasteiger partial charge on any atom is -0.473 e. The summed E-state index contributed by atoms with van der Waals surface area (Å²) < 4.78 is 5.35. The molecule has 0 amide bonds. The van der Waals surface area contributed by atoms with Crippen molar-refractivity contribution in [1.82, 2.24) is 9.97 Å². The van der Waals surface area contributed by atoms with Gasteiger partial charge in [0.05, 0.1) is 11.5 Å². The minimum absolute atomic E-state index is 0.0442. The Morgan fingerprint density at radius 1 is 1.25 bits per heavy atom. The van der Waals surface area contributed by atoms with Crippen LogP contribution in [-0.4, -0.2) is 21.5 Å². The molecule has 0 atom stereocenters. The predicted molar refractivity (Wildman–Crippen MR) is 74.0 cm³/mol. The van der Waals surface area contributed by atoms with Gasteiger partial charge in [0.2, 0.25) is 0 Å². The van der Waals surface area contributed by atoms with Crippen LogP contribution in [0.25, 0.3) is 0 Å². The predicted octanol–water partition coefficient (Wildman–Crippen LogP) is 3.05. The third kappa shape index (κ3) is 3.89. The molecule has 2 heterocycles. The van der Waals surface area contributed by atoms with Crippen LogP contribution in [-0.2, 0) is 6.42 Å². The lowest BCUT2D eigenvalue weighted by Gasteiger charge is -2.06. The molecule has 2 aromatic heterocycles. The summed E-state index contributed by atoms with van der Waals surface area (Å²) in [6.45, 7) is 0.330. The van der Waals surface area contributed by atoms with E-state index in [1.165, 1.54) is 12.1 Å². The molecule has 0 aromatic carbocycles. The van der Waals surface area contributed by atoms with Gasteiger partial charge in [-0.15, -0.1) is 0 Å². The van der Waals surface area contributed by atoms with E-state index in [1.807, 2.05) is 12.1 Å². The third-order valence-electron chi connectivity index (χ3n) is 2.60. The van der Waals surface area contributed by atoms with E-state index in [0.29, 0.717) is 6.61 Å². The van der Waals surface area contributed by atoms with Crippen molar-refractivity contribution in [3.63, 3.8) is 0 Å². The largest absolute Gasteiger partial charge is 0.473 e. The maximum absolute atomic E-state index is 10.8. The summed E-state index contributed by atoms with van der Waals surface area (Å²) in [5, 5.41) is 11.0. The molecule has 0 saturated carbocycles. The second-order valence-electron chi connectivity index (χ2n) is 4.02. The van der Waals surface area contributed by atoms with Crippen LogP contribution in [0.1, 0.15) is 12.0 Å². The van der Waals surface area contributed by atoms with Crippen LogP contribution in [0.4, 0.5) is 5.69 Å². The van der Waals surface area contributed by atoms with Crippen molar-refractivity contribution in [2.45, 2.75) is 12.8 Å². The molecule has 0 fully saturated rings. The first-order valence-corrected chi connectivity index (χ1v) is 6.37. The molecule has 104 valence electrons. The van der Waals surface area contributed by atoms with Crippen LogP contribution in [0.2, 0.25) is 5.15 Å². The molecular weight excluding hydrogens is 282 g/mol. The van der Waals surface area contributed by atoms with Crippen LogP contribution < -0.4 is 4.74 Å². The van der Waals surface area contributed by atoms with Gasteiger partial charge in [-0.1, -0.05) is 11.6 Å². The van der Waals surface area contributed by atoms with Gasteiger partial charge in [-0.3, -0.25) is 15.1 Å². The number of hydrogen-bond acceptors (Lipinski definition) is 5. The lowest BCUT2D eigenvalue weighted by atomic mass is 10.1. The molecule has 0 saturated heterocycles. The highest BCUT2D eigenvalue weighted by Gasteiger charge is 2.17. The second-order valence-corrected chi connectivity index (χ2v) is 4.41. The van der Waals surface area contributed by atoms with Gasteiger partial charge in [0.1, 0.15) is 5.15 Å². The average Bonchev–Trinajstić information content (AvgIpc) is 2.44. The number of nitro groups is 1. The summed E-state index contributed by atoms with van der Waals surface area (Å²) in [5.74, 6) is -0.0442. The van der Waals surface area contributed by atoms with E-state index in [9.17, 15) is 10.1 Å². The highest BCUT2D eigenvalue weighted by molar-refractivity contribution is 6.29. The van der Waals surface area contributed by atoms with E-state index >= 15 is 0 Å². The number of pyridine rings is 2. The zero-order valence-corrected chi connectivity index (χ0v) is 11.3. The number of halogens is 1. The normalized spacial score (nSPS) is 10.2. The van der Waals surface area contributed by atoms with Gasteiger partial charge >= 0.3 is 5.69 Å². The zero-order valence-electron chi connectivity index (χ0n) is 10.5. The van der Waals surface area contributed by atoms with Gasteiger partial charge in [-0.25, -0.2) is 0 Å². The van der Waals surface area contributed by atoms with E-state index in [-0.39, 0.29) is 16.7 Å². The van der Waals surface area contributed by atoms with Crippen LogP contribution in [0.3, 0.4) is 0 Å². The maximum Gasteiger partial charge on any atom is 0.331 e. The Hall–Kier alpha value is -2.21. The lowest BCUT2D eigenvalue weighted by Crippen LogP contribution is -2.04. The van der Waals surface area contributed by atoms with Crippen molar-refractivity contribution in [1.29, 1.82) is 0 Å². The van der Waals surface area contributed by atoms with E-state index in [2.05, 4.69) is 9.97 Å². The SMILES string of the molecule is O=[N+]([O-])c1ccc(Cl)nc1OCCCc1ccncc1. The fraction of sp³-hybridized carbons (Fsp3) is 0.231. The van der Waals surface area contributed by atoms with E-state index in [0.717, 1.165) is 18.4 Å². The standard InChI is InChI=1S/C13H12ClN3O3/c14-12-4-3-11(17(18)19)13(16-12)20-9-1-2-10-5-7-15-8-6-10/h3-8H,1-2,9H2. The molecule has 0 radical (unpaired) electrons. The summed E-state index contributed by atoms with van der Waals surface area (Å²) in [6, 6.07) is 6.48. The van der Waals surface area contributed by atoms with Crippen molar-refractivity contribution in [3.05, 3.63) is 57.5 Å². The van der Waals surface area contributed by atoms with Gasteiger partial charge in [0, 0.05) is 18.5 Å². The van der Waals surface area contributed by atoms with Crippen LogP contribution >= 0.6 is 11.6 Å². The number of hydrogen-bond donors (Lipinski definition) is 0. The van der Waals surface area contributed by atoms with Gasteiger partial charge in [0.15, 0.2) is 0 Å². The second kappa shape index (κ2) is 6.81. The molecule has 2 aromatic rings. The zero-order chi connectivity index (χ0) is 14.4. The van der Waals surface area contributed by atoms with Crippen molar-refractivity contribution < 1.29 is 9.66 Å². The highest BCUT2D eigenvalue weighted by Crippen LogP contribution is 2.26. The molecule has 7 heteroatoms. The third-order valence-corrected chi connectivity index (χ3v) is 2.81. The molecule has 0 aliphatic carbocycles. The Kier molecular flexibility index (Phi) is 4.84. The fourth-order valence-corrected chi connectivity index (χ4v) is 1.79. The molecule has 2 rings (SSSR count). The first-order valence-electron chi connectivity index (χ1n) is 5.99. The lowest BCUT2D eigenvalue weighted by molar-refractivity contribution is -0.386. The molecule has 0 aliphatic rings. The van der Waals surface area contributed by atoms with Crippen molar-refractivity contribution >= 4 is 17.3 Å². The molecule has 0 spiro atoms. The van der Waals surface area contributed by atoms with E-state index in [4.69, 9.17) is 16.3 Å². The average molecular weight is 294 g/mol. The van der Waals surface area contributed by atoms with Crippen molar-refractivity contribution in [2.24, 2.45) is 0 Å². The Morgan fingerprint density at radius 3 is 2.70 bits per heavy atom. The smallest absolute Gasteiger partial charge is 0.331 e. The summed E-state index contributed by atoms with van der Waals surface area (Å²) in [7, 11) is 0. The Morgan fingerprint density at radius 2 is 2.00 bits per heavy atom. The monoisotopic (exact) mass is 293 g/mol. The molecule has 0 N–H and O–H groups in total. The van der Waals surface area contributed by atoms with E-state index in [1.54, 1.807) is 12.4 Å². The molecule has 6 nitrogen and oxygen atoms in total. The minimum atomic E-state index is -0.540. The van der Waals surface area contributed by atoms with Gasteiger partial charge in [-0.05, 0) is 36.6 Å². The fourth-order valence-electron chi connectivity index (χ4n) is 1.65. The number of rotatable bonds is 6. The number of nitrogens with zero attached hydrogens (tertiary/aromatic N) is 3. The van der Waals surface area contributed by atoms with Crippen LogP contribution in [0.5, 0.6) is 5.88 Å². The Labute approximate surface area is 120 Å². The first-order chi connectivity index (χ1) is 9.66. The quantitative estimate of drug-likeness (QED) is 0.354. The maximum atomic E-state index is 10.8. The number of ether oxygens (including phenoxy) is 1. The van der Waals surface area contributed by atoms with Crippen molar-refractivity contribution in [3.8, 4) is 5.88 Å². The summed E-state index contributed by atoms with van der Waals surface area (Å²) >= 11 is 5.71. The van der Waals surface area contributed by atoms with Crippen molar-refractivity contribution in [2.75, 3.05) is 6.61 Å². The summed E-state index contributed by atoms with van der Waals surface area (Å²) in [6.07, 6.45) is 4.96. The molecule has 0 bridgehead atoms. The van der Waals surface area contributed by atoms with Crippen LogP contribution in [0, 0.1) is 10.1 Å². The Bertz CT molecular complexity index is 593. The topological polar surface area (TPSA) is 78.2 Å². The highest BCUT2D eigenvalue weighted by atomic mass is 35.5. The van der Waals surface area contributed by atoms with E-state index < -0.39 is 4.92 Å². The first kappa shape index (κ1) is 14.2. The van der Waals surface area contributed by atoms with Gasteiger partial charge in [-0.2, -0.15) is 4.98 Å². The summed E-state index contributed by atoms with van der Waals surface area (Å²) in [5.41, 5.74) is 0.954. The van der Waals surface area contributed by atoms with Gasteiger partial charge < -0.3 is 4.74 Å². The molecular formula is C13H12ClN3O3. The molecule has 0 unspecified atom stereocenters.